The van der Waals surface area contributed by atoms with Crippen molar-refractivity contribution in [2.75, 3.05) is 6.61 Å². The maximum Gasteiger partial charge on any atom is 0.122 e. The highest BCUT2D eigenvalue weighted by atomic mass is 16.5. The number of rotatable bonds is 11. The molecule has 0 saturated carbocycles. The van der Waals surface area contributed by atoms with E-state index in [0.717, 1.165) is 43.7 Å². The van der Waals surface area contributed by atoms with Crippen LogP contribution in [-0.4, -0.2) is 16.2 Å². The molecule has 29 heavy (non-hydrogen) atoms. The largest absolute Gasteiger partial charge is 0.493 e. The van der Waals surface area contributed by atoms with Gasteiger partial charge in [0, 0.05) is 13.0 Å². The summed E-state index contributed by atoms with van der Waals surface area (Å²) < 4.78 is 8.60. The van der Waals surface area contributed by atoms with Gasteiger partial charge < -0.3 is 9.30 Å². The monoisotopic (exact) mass is 392 g/mol. The van der Waals surface area contributed by atoms with Gasteiger partial charge in [0.25, 0.3) is 0 Å². The lowest BCUT2D eigenvalue weighted by Crippen LogP contribution is -2.07. The van der Waals surface area contributed by atoms with Crippen LogP contribution in [0.1, 0.15) is 75.7 Å². The summed E-state index contributed by atoms with van der Waals surface area (Å²) in [5, 5.41) is 0. The van der Waals surface area contributed by atoms with Gasteiger partial charge in [0.05, 0.1) is 17.6 Å². The lowest BCUT2D eigenvalue weighted by molar-refractivity contribution is 0.299. The normalized spacial score (nSPS) is 11.5. The number of aryl methyl sites for hydroxylation is 3. The van der Waals surface area contributed by atoms with Gasteiger partial charge in [-0.2, -0.15) is 0 Å². The summed E-state index contributed by atoms with van der Waals surface area (Å²) in [6.07, 6.45) is 6.95. The quantitative estimate of drug-likeness (QED) is 0.327. The van der Waals surface area contributed by atoms with Crippen molar-refractivity contribution in [1.29, 1.82) is 0 Å². The van der Waals surface area contributed by atoms with E-state index in [4.69, 9.17) is 9.72 Å². The van der Waals surface area contributed by atoms with Crippen LogP contribution in [-0.2, 0) is 13.0 Å². The summed E-state index contributed by atoms with van der Waals surface area (Å²) in [7, 11) is 0. The average Bonchev–Trinajstić information content (AvgIpc) is 3.05. The van der Waals surface area contributed by atoms with Gasteiger partial charge in [-0.3, -0.25) is 0 Å². The molecule has 0 spiro atoms. The van der Waals surface area contributed by atoms with E-state index in [9.17, 15) is 0 Å². The summed E-state index contributed by atoms with van der Waals surface area (Å²) in [6, 6.07) is 15.1. The number of fused-ring (bicyclic) bond motifs is 1. The van der Waals surface area contributed by atoms with E-state index in [1.165, 1.54) is 41.7 Å². The first-order valence-corrected chi connectivity index (χ1v) is 11.3. The number of hydrogen-bond donors (Lipinski definition) is 0. The fourth-order valence-corrected chi connectivity index (χ4v) is 3.90. The molecule has 156 valence electrons. The van der Waals surface area contributed by atoms with E-state index in [1.54, 1.807) is 0 Å². The molecule has 0 saturated heterocycles. The first-order valence-electron chi connectivity index (χ1n) is 11.3. The maximum absolute atomic E-state index is 6.17. The van der Waals surface area contributed by atoms with Crippen molar-refractivity contribution >= 4 is 11.0 Å². The Labute approximate surface area is 176 Å². The predicted octanol–water partition coefficient (Wildman–Crippen LogP) is 7.06. The Morgan fingerprint density at radius 2 is 1.83 bits per heavy atom. The number of para-hydroxylation sites is 2. The third kappa shape index (κ3) is 5.62. The summed E-state index contributed by atoms with van der Waals surface area (Å²) in [5.74, 6) is 2.77. The highest BCUT2D eigenvalue weighted by Gasteiger charge is 2.11. The van der Waals surface area contributed by atoms with Crippen molar-refractivity contribution in [3.8, 4) is 5.75 Å². The summed E-state index contributed by atoms with van der Waals surface area (Å²) in [6.45, 7) is 10.6. The molecule has 2 aromatic carbocycles. The number of hydrogen-bond acceptors (Lipinski definition) is 2. The maximum atomic E-state index is 6.17. The Bertz CT molecular complexity index is 910. The van der Waals surface area contributed by atoms with Crippen LogP contribution in [0.4, 0.5) is 0 Å². The number of imidazole rings is 1. The van der Waals surface area contributed by atoms with Crippen LogP contribution in [0.3, 0.4) is 0 Å². The van der Waals surface area contributed by atoms with Crippen molar-refractivity contribution in [3.05, 3.63) is 59.4 Å². The lowest BCUT2D eigenvalue weighted by Gasteiger charge is -2.15. The smallest absolute Gasteiger partial charge is 0.122 e. The standard InChI is InChI=1S/C26H36N2O/c1-5-6-7-14-26-27-23-12-8-9-13-24(23)28(26)17-10-11-18-29-25-19-21(4)15-16-22(25)20(2)3/h8-9,12-13,15-16,19-20H,5-7,10-11,14,17-18H2,1-4H3. The molecular weight excluding hydrogens is 356 g/mol. The lowest BCUT2D eigenvalue weighted by atomic mass is 10.0. The number of ether oxygens (including phenoxy) is 1. The van der Waals surface area contributed by atoms with Gasteiger partial charge >= 0.3 is 0 Å². The average molecular weight is 393 g/mol. The molecule has 1 heterocycles. The molecule has 0 N–H and O–H groups in total. The van der Waals surface area contributed by atoms with Crippen molar-refractivity contribution < 1.29 is 4.74 Å². The molecule has 1 aromatic heterocycles. The molecule has 0 aliphatic heterocycles. The minimum absolute atomic E-state index is 0.480. The molecule has 0 unspecified atom stereocenters. The molecular formula is C26H36N2O. The SMILES string of the molecule is CCCCCc1nc2ccccc2n1CCCCOc1cc(C)ccc1C(C)C. The van der Waals surface area contributed by atoms with Crippen molar-refractivity contribution in [2.45, 2.75) is 78.7 Å². The highest BCUT2D eigenvalue weighted by molar-refractivity contribution is 5.75. The van der Waals surface area contributed by atoms with Gasteiger partial charge in [0.2, 0.25) is 0 Å². The van der Waals surface area contributed by atoms with Crippen LogP contribution in [0.5, 0.6) is 5.75 Å². The molecule has 3 aromatic rings. The Morgan fingerprint density at radius 3 is 2.62 bits per heavy atom. The minimum atomic E-state index is 0.480. The van der Waals surface area contributed by atoms with Crippen LogP contribution >= 0.6 is 0 Å². The van der Waals surface area contributed by atoms with E-state index in [2.05, 4.69) is 74.7 Å². The minimum Gasteiger partial charge on any atom is -0.493 e. The van der Waals surface area contributed by atoms with E-state index < -0.39 is 0 Å². The highest BCUT2D eigenvalue weighted by Crippen LogP contribution is 2.27. The third-order valence-corrected chi connectivity index (χ3v) is 5.56. The summed E-state index contributed by atoms with van der Waals surface area (Å²) >= 11 is 0. The zero-order chi connectivity index (χ0) is 20.6. The first-order chi connectivity index (χ1) is 14.1. The Morgan fingerprint density at radius 1 is 1.00 bits per heavy atom. The topological polar surface area (TPSA) is 27.1 Å². The molecule has 0 atom stereocenters. The second-order valence-corrected chi connectivity index (χ2v) is 8.38. The predicted molar refractivity (Wildman–Crippen MR) is 123 cm³/mol. The number of aromatic nitrogens is 2. The van der Waals surface area contributed by atoms with E-state index in [1.807, 2.05) is 0 Å². The van der Waals surface area contributed by atoms with Crippen LogP contribution < -0.4 is 4.74 Å². The number of nitrogens with zero attached hydrogens (tertiary/aromatic N) is 2. The molecule has 0 amide bonds. The van der Waals surface area contributed by atoms with E-state index in [0.29, 0.717) is 5.92 Å². The second kappa shape index (κ2) is 10.5. The van der Waals surface area contributed by atoms with Crippen LogP contribution in [0.2, 0.25) is 0 Å². The van der Waals surface area contributed by atoms with E-state index >= 15 is 0 Å². The molecule has 0 radical (unpaired) electrons. The van der Waals surface area contributed by atoms with Crippen molar-refractivity contribution in [2.24, 2.45) is 0 Å². The molecule has 0 bridgehead atoms. The summed E-state index contributed by atoms with van der Waals surface area (Å²) in [5.41, 5.74) is 4.94. The van der Waals surface area contributed by atoms with Crippen LogP contribution in [0.15, 0.2) is 42.5 Å². The molecule has 0 aliphatic carbocycles. The Kier molecular flexibility index (Phi) is 7.74. The van der Waals surface area contributed by atoms with Gasteiger partial charge in [-0.25, -0.2) is 4.98 Å². The van der Waals surface area contributed by atoms with E-state index in [-0.39, 0.29) is 0 Å². The van der Waals surface area contributed by atoms with Gasteiger partial charge in [-0.15, -0.1) is 0 Å². The summed E-state index contributed by atoms with van der Waals surface area (Å²) in [4.78, 5) is 4.90. The molecule has 0 fully saturated rings. The molecule has 3 rings (SSSR count). The first kappa shape index (κ1) is 21.4. The second-order valence-electron chi connectivity index (χ2n) is 8.38. The van der Waals surface area contributed by atoms with Gasteiger partial charge in [0.1, 0.15) is 11.6 Å². The van der Waals surface area contributed by atoms with Crippen molar-refractivity contribution in [3.63, 3.8) is 0 Å². The third-order valence-electron chi connectivity index (χ3n) is 5.56. The fourth-order valence-electron chi connectivity index (χ4n) is 3.90. The van der Waals surface area contributed by atoms with Gasteiger partial charge in [-0.1, -0.05) is 57.9 Å². The molecule has 3 heteroatoms. The van der Waals surface area contributed by atoms with Gasteiger partial charge in [0.15, 0.2) is 0 Å². The fraction of sp³-hybridized carbons (Fsp3) is 0.500. The number of unbranched alkanes of at least 4 members (excludes halogenated alkanes) is 3. The Balaban J connectivity index is 1.59. The molecule has 0 aliphatic rings. The van der Waals surface area contributed by atoms with Crippen molar-refractivity contribution in [1.82, 2.24) is 9.55 Å². The van der Waals surface area contributed by atoms with Gasteiger partial charge in [-0.05, 0) is 61.4 Å². The van der Waals surface area contributed by atoms with Crippen LogP contribution in [0, 0.1) is 6.92 Å². The van der Waals surface area contributed by atoms with Crippen LogP contribution in [0.25, 0.3) is 11.0 Å². The molecule has 3 nitrogen and oxygen atoms in total. The zero-order valence-corrected chi connectivity index (χ0v) is 18.6. The zero-order valence-electron chi connectivity index (χ0n) is 18.6. The Hall–Kier alpha value is -2.29. The number of benzene rings is 2.